The number of rotatable bonds is 3. The molecule has 0 amide bonds. The van der Waals surface area contributed by atoms with Crippen molar-refractivity contribution in [3.63, 3.8) is 0 Å². The van der Waals surface area contributed by atoms with Crippen LogP contribution in [0.1, 0.15) is 29.4 Å². The van der Waals surface area contributed by atoms with Gasteiger partial charge in [-0.2, -0.15) is 0 Å². The van der Waals surface area contributed by atoms with Crippen LogP contribution in [0.15, 0.2) is 4.90 Å². The topological polar surface area (TPSA) is 101 Å². The molecule has 112 valence electrons. The first-order valence-corrected chi connectivity index (χ1v) is 8.99. The molecule has 8 heteroatoms. The number of nitrogens with two attached hydrogens (primary N) is 1. The monoisotopic (exact) mass is 318 g/mol. The maximum atomic E-state index is 12.0. The first-order chi connectivity index (χ1) is 9.21. The van der Waals surface area contributed by atoms with Crippen molar-refractivity contribution in [2.45, 2.75) is 30.8 Å². The van der Waals surface area contributed by atoms with Crippen LogP contribution in [-0.4, -0.2) is 44.8 Å². The van der Waals surface area contributed by atoms with Gasteiger partial charge in [0, 0.05) is 26.3 Å². The third kappa shape index (κ3) is 2.82. The molecule has 3 N–H and O–H groups in total. The number of carbonyl (C=O) groups excluding carboxylic acids is 1. The first kappa shape index (κ1) is 15.3. The number of ketones is 1. The van der Waals surface area contributed by atoms with E-state index in [4.69, 9.17) is 5.73 Å². The van der Waals surface area contributed by atoms with Crippen molar-refractivity contribution >= 4 is 37.6 Å². The van der Waals surface area contributed by atoms with Crippen LogP contribution in [-0.2, 0) is 9.84 Å². The molecule has 1 aliphatic heterocycles. The summed E-state index contributed by atoms with van der Waals surface area (Å²) >= 11 is 1.09. The van der Waals surface area contributed by atoms with E-state index in [0.29, 0.717) is 24.5 Å². The maximum absolute atomic E-state index is 12.0. The number of β-amino-alcohol motifs (C(OH)–C–C–N with tert-alkyl or cyclic N) is 1. The van der Waals surface area contributed by atoms with E-state index < -0.39 is 15.9 Å². The highest BCUT2D eigenvalue weighted by molar-refractivity contribution is 7.91. The van der Waals surface area contributed by atoms with Gasteiger partial charge in [-0.15, -0.1) is 11.3 Å². The van der Waals surface area contributed by atoms with Gasteiger partial charge in [-0.05, 0) is 12.8 Å². The number of carbonyl (C=O) groups is 1. The van der Waals surface area contributed by atoms with Crippen molar-refractivity contribution in [3.05, 3.63) is 4.88 Å². The van der Waals surface area contributed by atoms with Crippen LogP contribution in [0.2, 0.25) is 0 Å². The SMILES string of the molecule is CC(=O)c1sc(N2CCCC(O)C2)c(S(C)(=O)=O)c1N. The number of nitrogens with zero attached hydrogens (tertiary/aromatic N) is 1. The summed E-state index contributed by atoms with van der Waals surface area (Å²) in [6, 6.07) is 0. The van der Waals surface area contributed by atoms with E-state index in [1.54, 1.807) is 4.90 Å². The third-order valence-corrected chi connectivity index (χ3v) is 5.91. The highest BCUT2D eigenvalue weighted by Crippen LogP contribution is 2.42. The Bertz CT molecular complexity index is 636. The molecule has 6 nitrogen and oxygen atoms in total. The molecule has 0 saturated carbocycles. The van der Waals surface area contributed by atoms with E-state index in [-0.39, 0.29) is 21.2 Å². The maximum Gasteiger partial charge on any atom is 0.180 e. The van der Waals surface area contributed by atoms with Crippen molar-refractivity contribution in [1.82, 2.24) is 0 Å². The van der Waals surface area contributed by atoms with Crippen molar-refractivity contribution in [3.8, 4) is 0 Å². The molecule has 1 fully saturated rings. The van der Waals surface area contributed by atoms with Gasteiger partial charge in [-0.1, -0.05) is 0 Å². The van der Waals surface area contributed by atoms with E-state index >= 15 is 0 Å². The van der Waals surface area contributed by atoms with Gasteiger partial charge in [0.2, 0.25) is 0 Å². The van der Waals surface area contributed by atoms with Crippen LogP contribution in [0, 0.1) is 0 Å². The summed E-state index contributed by atoms with van der Waals surface area (Å²) in [6.45, 7) is 2.37. The minimum atomic E-state index is -3.53. The van der Waals surface area contributed by atoms with Gasteiger partial charge in [0.25, 0.3) is 0 Å². The number of hydrogen-bond acceptors (Lipinski definition) is 7. The number of Topliss-reactive ketones (excluding diaryl/α,β-unsaturated/α-hetero) is 1. The lowest BCUT2D eigenvalue weighted by Crippen LogP contribution is -2.38. The molecule has 0 aliphatic carbocycles. The zero-order valence-electron chi connectivity index (χ0n) is 11.4. The average Bonchev–Trinajstić information content (AvgIpc) is 2.66. The van der Waals surface area contributed by atoms with E-state index in [2.05, 4.69) is 0 Å². The molecule has 2 heterocycles. The van der Waals surface area contributed by atoms with Gasteiger partial charge in [-0.25, -0.2) is 8.42 Å². The second kappa shape index (κ2) is 5.34. The molecule has 0 aromatic carbocycles. The number of thiophene rings is 1. The van der Waals surface area contributed by atoms with E-state index in [1.165, 1.54) is 6.92 Å². The summed E-state index contributed by atoms with van der Waals surface area (Å²) in [5, 5.41) is 10.2. The Morgan fingerprint density at radius 1 is 1.50 bits per heavy atom. The number of aliphatic hydroxyl groups is 1. The second-order valence-corrected chi connectivity index (χ2v) is 8.00. The lowest BCUT2D eigenvalue weighted by atomic mass is 10.1. The standard InChI is InChI=1S/C12H18N2O4S2/c1-7(15)10-9(13)11(20(2,17)18)12(19-10)14-5-3-4-8(16)6-14/h8,16H,3-6,13H2,1-2H3. The number of hydrogen-bond donors (Lipinski definition) is 2. The quantitative estimate of drug-likeness (QED) is 0.803. The van der Waals surface area contributed by atoms with Crippen LogP contribution in [0.3, 0.4) is 0 Å². The van der Waals surface area contributed by atoms with Crippen LogP contribution in [0.5, 0.6) is 0 Å². The number of piperidine rings is 1. The Labute approximate surface area is 122 Å². The zero-order valence-corrected chi connectivity index (χ0v) is 13.1. The second-order valence-electron chi connectivity index (χ2n) is 5.05. The van der Waals surface area contributed by atoms with Crippen molar-refractivity contribution in [2.24, 2.45) is 0 Å². The fraction of sp³-hybridized carbons (Fsp3) is 0.583. The fourth-order valence-corrected chi connectivity index (χ4v) is 5.02. The fourth-order valence-electron chi connectivity index (χ4n) is 2.38. The van der Waals surface area contributed by atoms with Crippen LogP contribution >= 0.6 is 11.3 Å². The molecule has 1 saturated heterocycles. The predicted molar refractivity (Wildman–Crippen MR) is 79.3 cm³/mol. The molecule has 1 aromatic heterocycles. The van der Waals surface area contributed by atoms with E-state index in [1.807, 2.05) is 0 Å². The predicted octanol–water partition coefficient (Wildman–Crippen LogP) is 0.897. The normalized spacial score (nSPS) is 20.1. The highest BCUT2D eigenvalue weighted by Gasteiger charge is 2.30. The Balaban J connectivity index is 2.57. The molecule has 0 radical (unpaired) electrons. The molecule has 1 atom stereocenters. The Morgan fingerprint density at radius 2 is 2.15 bits per heavy atom. The lowest BCUT2D eigenvalue weighted by Gasteiger charge is -2.31. The molecule has 0 spiro atoms. The molecule has 2 rings (SSSR count). The van der Waals surface area contributed by atoms with Gasteiger partial charge in [0.1, 0.15) is 9.90 Å². The van der Waals surface area contributed by atoms with Crippen molar-refractivity contribution in [1.29, 1.82) is 0 Å². The molecule has 1 aromatic rings. The lowest BCUT2D eigenvalue weighted by molar-refractivity contribution is 0.102. The summed E-state index contributed by atoms with van der Waals surface area (Å²) in [5.74, 6) is -0.249. The largest absolute Gasteiger partial charge is 0.396 e. The number of aliphatic hydroxyl groups excluding tert-OH is 1. The number of sulfone groups is 1. The Kier molecular flexibility index (Phi) is 4.08. The van der Waals surface area contributed by atoms with Gasteiger partial charge in [-0.3, -0.25) is 4.79 Å². The number of nitrogen functional groups attached to an aromatic ring is 1. The van der Waals surface area contributed by atoms with Crippen LogP contribution in [0.25, 0.3) is 0 Å². The van der Waals surface area contributed by atoms with Gasteiger partial charge in [0.15, 0.2) is 15.6 Å². The molecule has 20 heavy (non-hydrogen) atoms. The molecule has 1 unspecified atom stereocenters. The van der Waals surface area contributed by atoms with Crippen LogP contribution in [0.4, 0.5) is 10.7 Å². The Morgan fingerprint density at radius 3 is 2.65 bits per heavy atom. The molecular weight excluding hydrogens is 300 g/mol. The van der Waals surface area contributed by atoms with E-state index in [9.17, 15) is 18.3 Å². The van der Waals surface area contributed by atoms with Gasteiger partial charge >= 0.3 is 0 Å². The summed E-state index contributed by atoms with van der Waals surface area (Å²) in [4.78, 5) is 13.7. The minimum absolute atomic E-state index is 0.0156. The summed E-state index contributed by atoms with van der Waals surface area (Å²) in [5.41, 5.74) is 5.88. The van der Waals surface area contributed by atoms with Crippen molar-refractivity contribution in [2.75, 3.05) is 30.0 Å². The first-order valence-electron chi connectivity index (χ1n) is 6.28. The Hall–Kier alpha value is -1.12. The molecule has 0 bridgehead atoms. The van der Waals surface area contributed by atoms with Gasteiger partial charge < -0.3 is 15.7 Å². The number of anilines is 2. The smallest absolute Gasteiger partial charge is 0.180 e. The summed E-state index contributed by atoms with van der Waals surface area (Å²) in [7, 11) is -3.53. The minimum Gasteiger partial charge on any atom is -0.396 e. The van der Waals surface area contributed by atoms with Gasteiger partial charge in [0.05, 0.1) is 16.7 Å². The summed E-state index contributed by atoms with van der Waals surface area (Å²) < 4.78 is 23.9. The molecular formula is C12H18N2O4S2. The summed E-state index contributed by atoms with van der Waals surface area (Å²) in [6.07, 6.45) is 2.07. The van der Waals surface area contributed by atoms with E-state index in [0.717, 1.165) is 24.0 Å². The average molecular weight is 318 g/mol. The molecule has 1 aliphatic rings. The highest BCUT2D eigenvalue weighted by atomic mass is 32.2. The third-order valence-electron chi connectivity index (χ3n) is 3.26. The zero-order chi connectivity index (χ0) is 15.1. The van der Waals surface area contributed by atoms with Crippen LogP contribution < -0.4 is 10.6 Å². The van der Waals surface area contributed by atoms with Crippen molar-refractivity contribution < 1.29 is 18.3 Å².